The number of nitrogens with zero attached hydrogens (tertiary/aromatic N) is 4. The Balaban J connectivity index is 1.22. The number of piperazine rings is 1. The highest BCUT2D eigenvalue weighted by Gasteiger charge is 2.25. The summed E-state index contributed by atoms with van der Waals surface area (Å²) in [6.45, 7) is 8.43. The summed E-state index contributed by atoms with van der Waals surface area (Å²) in [5, 5.41) is 11.3. The molecule has 1 aromatic heterocycles. The number of carbonyl (C=O) groups is 1. The normalized spacial score (nSPS) is 18.5. The van der Waals surface area contributed by atoms with Gasteiger partial charge in [-0.15, -0.1) is 10.2 Å². The molecular formula is C23H33N5O2S. The van der Waals surface area contributed by atoms with E-state index in [-0.39, 0.29) is 17.6 Å². The first kappa shape index (κ1) is 22.1. The average Bonchev–Trinajstić information content (AvgIpc) is 3.29. The fourth-order valence-corrected chi connectivity index (χ4v) is 4.95. The second-order valence-corrected chi connectivity index (χ2v) is 9.69. The molecule has 1 amide bonds. The van der Waals surface area contributed by atoms with Gasteiger partial charge in [-0.25, -0.2) is 0 Å². The fraction of sp³-hybridized carbons (Fsp3) is 0.609. The molecule has 0 radical (unpaired) electrons. The highest BCUT2D eigenvalue weighted by Crippen LogP contribution is 2.26. The topological polar surface area (TPSA) is 74.5 Å². The van der Waals surface area contributed by atoms with Crippen LogP contribution >= 0.6 is 11.8 Å². The minimum atomic E-state index is -0.0804. The molecule has 0 spiro atoms. The van der Waals surface area contributed by atoms with Crippen LogP contribution in [0.1, 0.15) is 57.8 Å². The molecule has 2 aliphatic rings. The first-order chi connectivity index (χ1) is 15.1. The maximum Gasteiger partial charge on any atom is 0.277 e. The van der Waals surface area contributed by atoms with Gasteiger partial charge in [0.05, 0.1) is 5.75 Å². The zero-order valence-electron chi connectivity index (χ0n) is 18.5. The van der Waals surface area contributed by atoms with Gasteiger partial charge >= 0.3 is 0 Å². The molecule has 0 bridgehead atoms. The van der Waals surface area contributed by atoms with E-state index in [1.165, 1.54) is 49.6 Å². The Morgan fingerprint density at radius 2 is 1.81 bits per heavy atom. The number of benzene rings is 1. The van der Waals surface area contributed by atoms with Crippen molar-refractivity contribution in [1.82, 2.24) is 15.1 Å². The molecule has 7 nitrogen and oxygen atoms in total. The van der Waals surface area contributed by atoms with E-state index in [4.69, 9.17) is 4.42 Å². The third-order valence-corrected chi connectivity index (χ3v) is 6.98. The molecule has 2 heterocycles. The van der Waals surface area contributed by atoms with Gasteiger partial charge in [0.2, 0.25) is 11.8 Å². The quantitative estimate of drug-likeness (QED) is 0.637. The first-order valence-corrected chi connectivity index (χ1v) is 12.4. The Hall–Kier alpha value is -2.06. The maximum atomic E-state index is 12.3. The van der Waals surface area contributed by atoms with E-state index >= 15 is 0 Å². The number of rotatable bonds is 7. The van der Waals surface area contributed by atoms with Gasteiger partial charge < -0.3 is 14.6 Å². The molecule has 1 saturated heterocycles. The predicted octanol–water partition coefficient (Wildman–Crippen LogP) is 4.38. The van der Waals surface area contributed by atoms with E-state index in [0.29, 0.717) is 11.1 Å². The molecule has 8 heteroatoms. The van der Waals surface area contributed by atoms with Gasteiger partial charge in [-0.2, -0.15) is 0 Å². The van der Waals surface area contributed by atoms with Gasteiger partial charge in [-0.05, 0) is 37.1 Å². The van der Waals surface area contributed by atoms with Gasteiger partial charge in [0.15, 0.2) is 0 Å². The van der Waals surface area contributed by atoms with Crippen molar-refractivity contribution >= 4 is 29.0 Å². The monoisotopic (exact) mass is 443 g/mol. The molecule has 1 N–H and O–H groups in total. The summed E-state index contributed by atoms with van der Waals surface area (Å²) in [5.41, 5.74) is 2.03. The van der Waals surface area contributed by atoms with Crippen LogP contribution in [0.3, 0.4) is 0 Å². The minimum Gasteiger partial charge on any atom is -0.416 e. The highest BCUT2D eigenvalue weighted by atomic mass is 32.2. The lowest BCUT2D eigenvalue weighted by Gasteiger charge is -2.41. The summed E-state index contributed by atoms with van der Waals surface area (Å²) in [6.07, 6.45) is 6.94. The summed E-state index contributed by atoms with van der Waals surface area (Å²) >= 11 is 1.26. The highest BCUT2D eigenvalue weighted by molar-refractivity contribution is 7.99. The zero-order chi connectivity index (χ0) is 21.6. The van der Waals surface area contributed by atoms with E-state index in [0.717, 1.165) is 37.9 Å². The third-order valence-electron chi connectivity index (χ3n) is 6.16. The van der Waals surface area contributed by atoms with Crippen LogP contribution in [0.25, 0.3) is 0 Å². The molecule has 168 valence electrons. The van der Waals surface area contributed by atoms with Crippen LogP contribution in [0, 0.1) is 0 Å². The van der Waals surface area contributed by atoms with Crippen molar-refractivity contribution in [3.8, 4) is 0 Å². The van der Waals surface area contributed by atoms with Crippen LogP contribution in [0.5, 0.6) is 0 Å². The van der Waals surface area contributed by atoms with Gasteiger partial charge in [0.1, 0.15) is 0 Å². The number of carbonyl (C=O) groups excluding carboxylic acids is 1. The number of nitrogens with one attached hydrogen (secondary N) is 1. The SMILES string of the molecule is CC(C)c1nnc(SCC(=O)Nc2ccc(N3CCN(C4CCCCC4)CC3)cc2)o1. The van der Waals surface area contributed by atoms with Crippen LogP contribution in [0.4, 0.5) is 11.4 Å². The summed E-state index contributed by atoms with van der Waals surface area (Å²) < 4.78 is 5.53. The molecule has 31 heavy (non-hydrogen) atoms. The van der Waals surface area contributed by atoms with E-state index in [9.17, 15) is 4.79 Å². The standard InChI is InChI=1S/C23H33N5O2S/c1-17(2)22-25-26-23(30-22)31-16-21(29)24-18-8-10-20(11-9-18)28-14-12-27(13-15-28)19-6-4-3-5-7-19/h8-11,17,19H,3-7,12-16H2,1-2H3,(H,24,29). The molecule has 1 aliphatic carbocycles. The van der Waals surface area contributed by atoms with Crippen LogP contribution < -0.4 is 10.2 Å². The molecule has 0 atom stereocenters. The van der Waals surface area contributed by atoms with Crippen molar-refractivity contribution in [3.05, 3.63) is 30.2 Å². The van der Waals surface area contributed by atoms with E-state index in [1.54, 1.807) is 0 Å². The number of amides is 1. The Labute approximate surface area is 189 Å². The summed E-state index contributed by atoms with van der Waals surface area (Å²) in [6, 6.07) is 8.97. The smallest absolute Gasteiger partial charge is 0.277 e. The second kappa shape index (κ2) is 10.5. The third kappa shape index (κ3) is 6.01. The second-order valence-electron chi connectivity index (χ2n) is 8.76. The largest absolute Gasteiger partial charge is 0.416 e. The van der Waals surface area contributed by atoms with Gasteiger partial charge in [-0.3, -0.25) is 9.69 Å². The molecule has 1 aliphatic heterocycles. The number of hydrogen-bond acceptors (Lipinski definition) is 7. The molecule has 0 unspecified atom stereocenters. The molecular weight excluding hydrogens is 410 g/mol. The number of hydrogen-bond donors (Lipinski definition) is 1. The fourth-order valence-electron chi connectivity index (χ4n) is 4.38. The van der Waals surface area contributed by atoms with Gasteiger partial charge in [-0.1, -0.05) is 44.9 Å². The average molecular weight is 444 g/mol. The number of anilines is 2. The molecule has 1 saturated carbocycles. The van der Waals surface area contributed by atoms with E-state index in [1.807, 2.05) is 26.0 Å². The Bertz CT molecular complexity index is 840. The molecule has 4 rings (SSSR count). The van der Waals surface area contributed by atoms with Crippen molar-refractivity contribution in [1.29, 1.82) is 0 Å². The Kier molecular flexibility index (Phi) is 7.50. The lowest BCUT2D eigenvalue weighted by molar-refractivity contribution is -0.113. The lowest BCUT2D eigenvalue weighted by atomic mass is 9.94. The Morgan fingerprint density at radius 3 is 2.45 bits per heavy atom. The number of aromatic nitrogens is 2. The molecule has 2 fully saturated rings. The maximum absolute atomic E-state index is 12.3. The lowest BCUT2D eigenvalue weighted by Crippen LogP contribution is -2.50. The van der Waals surface area contributed by atoms with E-state index in [2.05, 4.69) is 37.4 Å². The van der Waals surface area contributed by atoms with Crippen LogP contribution in [0.15, 0.2) is 33.9 Å². The van der Waals surface area contributed by atoms with Crippen molar-refractivity contribution in [3.63, 3.8) is 0 Å². The molecule has 1 aromatic carbocycles. The van der Waals surface area contributed by atoms with Crippen molar-refractivity contribution in [2.75, 3.05) is 42.1 Å². The van der Waals surface area contributed by atoms with Gasteiger partial charge in [0, 0.05) is 49.5 Å². The first-order valence-electron chi connectivity index (χ1n) is 11.4. The predicted molar refractivity (Wildman–Crippen MR) is 125 cm³/mol. The molecule has 2 aromatic rings. The number of thioether (sulfide) groups is 1. The minimum absolute atomic E-state index is 0.0804. The van der Waals surface area contributed by atoms with E-state index < -0.39 is 0 Å². The summed E-state index contributed by atoms with van der Waals surface area (Å²) in [7, 11) is 0. The van der Waals surface area contributed by atoms with Crippen molar-refractivity contribution in [2.24, 2.45) is 0 Å². The van der Waals surface area contributed by atoms with Crippen LogP contribution in [0.2, 0.25) is 0 Å². The van der Waals surface area contributed by atoms with Crippen LogP contribution in [-0.2, 0) is 4.79 Å². The van der Waals surface area contributed by atoms with Gasteiger partial charge in [0.25, 0.3) is 5.22 Å². The van der Waals surface area contributed by atoms with Crippen molar-refractivity contribution in [2.45, 2.75) is 63.1 Å². The van der Waals surface area contributed by atoms with Crippen molar-refractivity contribution < 1.29 is 9.21 Å². The summed E-state index contributed by atoms with van der Waals surface area (Å²) in [5.74, 6) is 0.940. The summed E-state index contributed by atoms with van der Waals surface area (Å²) in [4.78, 5) is 17.4. The van der Waals surface area contributed by atoms with Crippen LogP contribution in [-0.4, -0.2) is 59.0 Å². The zero-order valence-corrected chi connectivity index (χ0v) is 19.4. The Morgan fingerprint density at radius 1 is 1.10 bits per heavy atom.